The highest BCUT2D eigenvalue weighted by atomic mass is 16.5. The molecule has 4 heteroatoms. The average Bonchev–Trinajstić information content (AvgIpc) is 2.96. The van der Waals surface area contributed by atoms with E-state index < -0.39 is 0 Å². The van der Waals surface area contributed by atoms with E-state index in [1.807, 2.05) is 24.5 Å². The van der Waals surface area contributed by atoms with Crippen molar-refractivity contribution in [3.05, 3.63) is 30.1 Å². The molecule has 2 saturated heterocycles. The zero-order valence-electron chi connectivity index (χ0n) is 14.7. The molecule has 1 aliphatic carbocycles. The van der Waals surface area contributed by atoms with Crippen LogP contribution in [-0.2, 0) is 16.1 Å². The van der Waals surface area contributed by atoms with Crippen LogP contribution < -0.4 is 0 Å². The minimum absolute atomic E-state index is 0.153. The third-order valence-corrected chi connectivity index (χ3v) is 6.46. The van der Waals surface area contributed by atoms with Crippen molar-refractivity contribution in [1.29, 1.82) is 0 Å². The molecule has 1 saturated carbocycles. The van der Waals surface area contributed by atoms with Gasteiger partial charge in [-0.05, 0) is 62.1 Å². The first-order valence-corrected chi connectivity index (χ1v) is 9.70. The molecule has 132 valence electrons. The SMILES string of the molecule is c1cc(COCCC2CCOC23CCN(C2CCC2)CC3)ccn1. The van der Waals surface area contributed by atoms with Crippen LogP contribution in [0.5, 0.6) is 0 Å². The molecule has 0 N–H and O–H groups in total. The van der Waals surface area contributed by atoms with Gasteiger partial charge in [-0.3, -0.25) is 4.98 Å². The second-order valence-corrected chi connectivity index (χ2v) is 7.72. The highest BCUT2D eigenvalue weighted by molar-refractivity contribution is 5.07. The third-order valence-electron chi connectivity index (χ3n) is 6.46. The Balaban J connectivity index is 1.23. The molecule has 1 unspecified atom stereocenters. The summed E-state index contributed by atoms with van der Waals surface area (Å²) >= 11 is 0. The topological polar surface area (TPSA) is 34.6 Å². The van der Waals surface area contributed by atoms with E-state index in [2.05, 4.69) is 9.88 Å². The Hall–Kier alpha value is -0.970. The highest BCUT2D eigenvalue weighted by Crippen LogP contribution is 2.43. The van der Waals surface area contributed by atoms with Gasteiger partial charge < -0.3 is 14.4 Å². The van der Waals surface area contributed by atoms with Gasteiger partial charge in [0, 0.05) is 44.7 Å². The van der Waals surface area contributed by atoms with Crippen LogP contribution >= 0.6 is 0 Å². The van der Waals surface area contributed by atoms with E-state index in [0.29, 0.717) is 12.5 Å². The molecule has 0 bridgehead atoms. The summed E-state index contributed by atoms with van der Waals surface area (Å²) in [6, 6.07) is 4.93. The summed E-state index contributed by atoms with van der Waals surface area (Å²) in [5.41, 5.74) is 1.36. The zero-order chi connectivity index (χ0) is 16.2. The number of piperidine rings is 1. The summed E-state index contributed by atoms with van der Waals surface area (Å²) in [5.74, 6) is 0.679. The maximum Gasteiger partial charge on any atom is 0.0736 e. The van der Waals surface area contributed by atoms with Crippen molar-refractivity contribution in [2.45, 2.75) is 63.2 Å². The summed E-state index contributed by atoms with van der Waals surface area (Å²) in [5, 5.41) is 0. The van der Waals surface area contributed by atoms with Crippen LogP contribution in [0.1, 0.15) is 50.5 Å². The molecular weight excluding hydrogens is 300 g/mol. The van der Waals surface area contributed by atoms with Crippen molar-refractivity contribution in [1.82, 2.24) is 9.88 Å². The van der Waals surface area contributed by atoms with E-state index in [0.717, 1.165) is 25.7 Å². The summed E-state index contributed by atoms with van der Waals surface area (Å²) in [7, 11) is 0. The first kappa shape index (κ1) is 16.5. The summed E-state index contributed by atoms with van der Waals surface area (Å²) in [6.45, 7) is 4.94. The molecule has 1 aromatic rings. The number of nitrogens with zero attached hydrogens (tertiary/aromatic N) is 2. The van der Waals surface area contributed by atoms with Crippen molar-refractivity contribution in [2.24, 2.45) is 5.92 Å². The van der Waals surface area contributed by atoms with Crippen LogP contribution in [0.3, 0.4) is 0 Å². The minimum Gasteiger partial charge on any atom is -0.377 e. The Bertz CT molecular complexity index is 510. The molecule has 2 aliphatic heterocycles. The molecule has 4 rings (SSSR count). The predicted octanol–water partition coefficient (Wildman–Crippen LogP) is 3.41. The largest absolute Gasteiger partial charge is 0.377 e. The predicted molar refractivity (Wildman–Crippen MR) is 93.7 cm³/mol. The number of hydrogen-bond donors (Lipinski definition) is 0. The van der Waals surface area contributed by atoms with E-state index in [1.165, 1.54) is 57.2 Å². The standard InChI is InChI=1S/C20H30N2O2/c1-2-19(3-1)22-12-8-20(9-13-22)18(7-15-24-20)6-14-23-16-17-4-10-21-11-5-17/h4-5,10-11,18-19H,1-3,6-9,12-16H2. The summed E-state index contributed by atoms with van der Waals surface area (Å²) < 4.78 is 12.2. The van der Waals surface area contributed by atoms with Gasteiger partial charge in [0.1, 0.15) is 0 Å². The molecule has 0 aromatic carbocycles. The molecule has 4 nitrogen and oxygen atoms in total. The van der Waals surface area contributed by atoms with Gasteiger partial charge >= 0.3 is 0 Å². The quantitative estimate of drug-likeness (QED) is 0.749. The number of likely N-dealkylation sites (tertiary alicyclic amines) is 1. The third kappa shape index (κ3) is 3.51. The first-order chi connectivity index (χ1) is 11.9. The number of aromatic nitrogens is 1. The van der Waals surface area contributed by atoms with Gasteiger partial charge in [-0.15, -0.1) is 0 Å². The first-order valence-electron chi connectivity index (χ1n) is 9.70. The Morgan fingerprint density at radius 3 is 2.67 bits per heavy atom. The van der Waals surface area contributed by atoms with Gasteiger partial charge in [-0.25, -0.2) is 0 Å². The second kappa shape index (κ2) is 7.51. The lowest BCUT2D eigenvalue weighted by Crippen LogP contribution is -2.52. The molecule has 1 spiro atoms. The van der Waals surface area contributed by atoms with Gasteiger partial charge in [-0.2, -0.15) is 0 Å². The van der Waals surface area contributed by atoms with Crippen molar-refractivity contribution >= 4 is 0 Å². The van der Waals surface area contributed by atoms with Gasteiger partial charge in [0.2, 0.25) is 0 Å². The van der Waals surface area contributed by atoms with Crippen molar-refractivity contribution in [3.8, 4) is 0 Å². The van der Waals surface area contributed by atoms with Crippen molar-refractivity contribution in [3.63, 3.8) is 0 Å². The second-order valence-electron chi connectivity index (χ2n) is 7.72. The molecule has 0 amide bonds. The lowest BCUT2D eigenvalue weighted by molar-refractivity contribution is -0.0828. The lowest BCUT2D eigenvalue weighted by Gasteiger charge is -2.47. The van der Waals surface area contributed by atoms with Crippen molar-refractivity contribution < 1.29 is 9.47 Å². The minimum atomic E-state index is 0.153. The smallest absolute Gasteiger partial charge is 0.0736 e. The summed E-state index contributed by atoms with van der Waals surface area (Å²) in [6.07, 6.45) is 12.7. The van der Waals surface area contributed by atoms with Crippen LogP contribution in [0.25, 0.3) is 0 Å². The van der Waals surface area contributed by atoms with E-state index in [4.69, 9.17) is 9.47 Å². The zero-order valence-corrected chi connectivity index (χ0v) is 14.7. The fourth-order valence-electron chi connectivity index (χ4n) is 4.66. The van der Waals surface area contributed by atoms with Gasteiger partial charge in [0.05, 0.1) is 12.2 Å². The van der Waals surface area contributed by atoms with Crippen LogP contribution in [0.15, 0.2) is 24.5 Å². The van der Waals surface area contributed by atoms with Crippen LogP contribution in [0, 0.1) is 5.92 Å². The maximum atomic E-state index is 6.30. The lowest BCUT2D eigenvalue weighted by atomic mass is 9.77. The number of hydrogen-bond acceptors (Lipinski definition) is 4. The van der Waals surface area contributed by atoms with Crippen molar-refractivity contribution in [2.75, 3.05) is 26.3 Å². The molecule has 1 aromatic heterocycles. The number of rotatable bonds is 6. The Kier molecular flexibility index (Phi) is 5.16. The normalized spacial score (nSPS) is 27.4. The Morgan fingerprint density at radius 1 is 1.17 bits per heavy atom. The van der Waals surface area contributed by atoms with Crippen LogP contribution in [0.4, 0.5) is 0 Å². The summed E-state index contributed by atoms with van der Waals surface area (Å²) in [4.78, 5) is 6.76. The van der Waals surface area contributed by atoms with Gasteiger partial charge in [0.15, 0.2) is 0 Å². The van der Waals surface area contributed by atoms with Gasteiger partial charge in [0.25, 0.3) is 0 Å². The van der Waals surface area contributed by atoms with E-state index in [9.17, 15) is 0 Å². The molecule has 3 fully saturated rings. The maximum absolute atomic E-state index is 6.30. The van der Waals surface area contributed by atoms with E-state index in [-0.39, 0.29) is 5.60 Å². The van der Waals surface area contributed by atoms with E-state index >= 15 is 0 Å². The molecular formula is C20H30N2O2. The Labute approximate surface area is 145 Å². The monoisotopic (exact) mass is 330 g/mol. The molecule has 3 aliphatic rings. The molecule has 0 radical (unpaired) electrons. The highest BCUT2D eigenvalue weighted by Gasteiger charge is 2.46. The van der Waals surface area contributed by atoms with E-state index in [1.54, 1.807) is 0 Å². The number of pyridine rings is 1. The Morgan fingerprint density at radius 2 is 1.96 bits per heavy atom. The number of ether oxygens (including phenoxy) is 2. The fourth-order valence-corrected chi connectivity index (χ4v) is 4.66. The fraction of sp³-hybridized carbons (Fsp3) is 0.750. The van der Waals surface area contributed by atoms with Gasteiger partial charge in [-0.1, -0.05) is 6.42 Å². The van der Waals surface area contributed by atoms with Crippen LogP contribution in [-0.4, -0.2) is 47.8 Å². The molecule has 1 atom stereocenters. The molecule has 24 heavy (non-hydrogen) atoms. The van der Waals surface area contributed by atoms with Crippen LogP contribution in [0.2, 0.25) is 0 Å². The average molecular weight is 330 g/mol. The molecule has 3 heterocycles.